The summed E-state index contributed by atoms with van der Waals surface area (Å²) in [5.74, 6) is 1.44. The molecule has 2 aromatic rings. The summed E-state index contributed by atoms with van der Waals surface area (Å²) in [6.07, 6.45) is 3.42. The minimum absolute atomic E-state index is 0.720. The number of rotatable bonds is 2. The topological polar surface area (TPSA) is 40.2 Å². The van der Waals surface area contributed by atoms with Crippen molar-refractivity contribution in [3.63, 3.8) is 0 Å². The molecule has 68 valence electrons. The summed E-state index contributed by atoms with van der Waals surface area (Å²) in [4.78, 5) is 0. The van der Waals surface area contributed by atoms with E-state index >= 15 is 0 Å². The van der Waals surface area contributed by atoms with Crippen molar-refractivity contribution < 1.29 is 9.15 Å². The van der Waals surface area contributed by atoms with Crippen molar-refractivity contribution >= 4 is 0 Å². The Morgan fingerprint density at radius 3 is 3.00 bits per heavy atom. The van der Waals surface area contributed by atoms with Crippen LogP contribution in [0.25, 0.3) is 11.5 Å². The molecule has 0 spiro atoms. The molecule has 2 rings (SSSR count). The van der Waals surface area contributed by atoms with Crippen LogP contribution in [-0.2, 0) is 7.05 Å². The fraction of sp³-hybridized carbons (Fsp3) is 0.222. The second-order valence-corrected chi connectivity index (χ2v) is 2.70. The molecule has 2 aromatic heterocycles. The minimum atomic E-state index is 0.720. The zero-order valence-corrected chi connectivity index (χ0v) is 7.52. The van der Waals surface area contributed by atoms with Crippen molar-refractivity contribution in [1.29, 1.82) is 0 Å². The number of nitrogens with zero attached hydrogens (tertiary/aromatic N) is 2. The SMILES string of the molecule is COc1cn(C)nc1-c1ccco1. The van der Waals surface area contributed by atoms with Crippen LogP contribution in [0.3, 0.4) is 0 Å². The number of ether oxygens (including phenoxy) is 1. The lowest BCUT2D eigenvalue weighted by Gasteiger charge is -1.95. The van der Waals surface area contributed by atoms with E-state index in [1.807, 2.05) is 19.2 Å². The van der Waals surface area contributed by atoms with Crippen molar-refractivity contribution in [3.8, 4) is 17.2 Å². The van der Waals surface area contributed by atoms with Gasteiger partial charge < -0.3 is 9.15 Å². The van der Waals surface area contributed by atoms with Gasteiger partial charge in [-0.05, 0) is 12.1 Å². The first-order valence-electron chi connectivity index (χ1n) is 3.93. The Bertz CT molecular complexity index is 390. The van der Waals surface area contributed by atoms with Crippen LogP contribution in [0.5, 0.6) is 5.75 Å². The zero-order valence-electron chi connectivity index (χ0n) is 7.52. The van der Waals surface area contributed by atoms with Crippen LogP contribution in [-0.4, -0.2) is 16.9 Å². The average molecular weight is 178 g/mol. The molecule has 4 heteroatoms. The summed E-state index contributed by atoms with van der Waals surface area (Å²) >= 11 is 0. The van der Waals surface area contributed by atoms with Crippen molar-refractivity contribution in [1.82, 2.24) is 9.78 Å². The van der Waals surface area contributed by atoms with Crippen LogP contribution >= 0.6 is 0 Å². The molecular weight excluding hydrogens is 168 g/mol. The number of hydrogen-bond donors (Lipinski definition) is 0. The van der Waals surface area contributed by atoms with Crippen LogP contribution in [0.1, 0.15) is 0 Å². The van der Waals surface area contributed by atoms with Gasteiger partial charge in [0.1, 0.15) is 0 Å². The van der Waals surface area contributed by atoms with Crippen molar-refractivity contribution in [3.05, 3.63) is 24.6 Å². The standard InChI is InChI=1S/C9H10N2O2/c1-11-6-8(12-2)9(10-11)7-4-3-5-13-7/h3-6H,1-2H3. The highest BCUT2D eigenvalue weighted by atomic mass is 16.5. The van der Waals surface area contributed by atoms with E-state index in [0.29, 0.717) is 0 Å². The Hall–Kier alpha value is -1.71. The molecule has 0 fully saturated rings. The summed E-state index contributed by atoms with van der Waals surface area (Å²) in [6, 6.07) is 3.67. The highest BCUT2D eigenvalue weighted by molar-refractivity contribution is 5.59. The fourth-order valence-electron chi connectivity index (χ4n) is 1.20. The molecule has 4 nitrogen and oxygen atoms in total. The molecular formula is C9H10N2O2. The van der Waals surface area contributed by atoms with Gasteiger partial charge in [0.25, 0.3) is 0 Å². The van der Waals surface area contributed by atoms with Crippen LogP contribution in [0.15, 0.2) is 29.0 Å². The number of methoxy groups -OCH3 is 1. The Balaban J connectivity index is 2.50. The van der Waals surface area contributed by atoms with Gasteiger partial charge in [-0.2, -0.15) is 5.10 Å². The predicted octanol–water partition coefficient (Wildman–Crippen LogP) is 1.69. The maximum absolute atomic E-state index is 5.22. The smallest absolute Gasteiger partial charge is 0.169 e. The van der Waals surface area contributed by atoms with E-state index in [9.17, 15) is 0 Å². The third-order valence-corrected chi connectivity index (χ3v) is 1.77. The number of hydrogen-bond acceptors (Lipinski definition) is 3. The van der Waals surface area contributed by atoms with Gasteiger partial charge in [0.15, 0.2) is 17.2 Å². The van der Waals surface area contributed by atoms with Crippen LogP contribution in [0, 0.1) is 0 Å². The third kappa shape index (κ3) is 1.30. The van der Waals surface area contributed by atoms with E-state index in [2.05, 4.69) is 5.10 Å². The number of aromatic nitrogens is 2. The molecule has 2 heterocycles. The molecule has 0 aliphatic heterocycles. The first kappa shape index (κ1) is 7.91. The first-order chi connectivity index (χ1) is 6.31. The van der Waals surface area contributed by atoms with Gasteiger partial charge in [-0.25, -0.2) is 0 Å². The lowest BCUT2D eigenvalue weighted by atomic mass is 10.3. The van der Waals surface area contributed by atoms with E-state index in [4.69, 9.17) is 9.15 Å². The van der Waals surface area contributed by atoms with Crippen molar-refractivity contribution in [2.24, 2.45) is 7.05 Å². The monoisotopic (exact) mass is 178 g/mol. The molecule has 0 bridgehead atoms. The van der Waals surface area contributed by atoms with Gasteiger partial charge in [-0.3, -0.25) is 4.68 Å². The van der Waals surface area contributed by atoms with E-state index in [0.717, 1.165) is 17.2 Å². The normalized spacial score (nSPS) is 10.3. The van der Waals surface area contributed by atoms with E-state index in [-0.39, 0.29) is 0 Å². The summed E-state index contributed by atoms with van der Waals surface area (Å²) < 4.78 is 12.1. The maximum Gasteiger partial charge on any atom is 0.169 e. The quantitative estimate of drug-likeness (QED) is 0.702. The van der Waals surface area contributed by atoms with Crippen molar-refractivity contribution in [2.45, 2.75) is 0 Å². The largest absolute Gasteiger partial charge is 0.493 e. The second kappa shape index (κ2) is 2.97. The lowest BCUT2D eigenvalue weighted by molar-refractivity contribution is 0.414. The van der Waals surface area contributed by atoms with E-state index in [1.54, 1.807) is 24.3 Å². The highest BCUT2D eigenvalue weighted by Gasteiger charge is 2.12. The van der Waals surface area contributed by atoms with Gasteiger partial charge in [0.05, 0.1) is 19.6 Å². The molecule has 0 saturated carbocycles. The van der Waals surface area contributed by atoms with Crippen LogP contribution < -0.4 is 4.74 Å². The Morgan fingerprint density at radius 1 is 1.54 bits per heavy atom. The predicted molar refractivity (Wildman–Crippen MR) is 47.5 cm³/mol. The Morgan fingerprint density at radius 2 is 2.38 bits per heavy atom. The van der Waals surface area contributed by atoms with Crippen LogP contribution in [0.2, 0.25) is 0 Å². The molecule has 13 heavy (non-hydrogen) atoms. The first-order valence-corrected chi connectivity index (χ1v) is 3.93. The van der Waals surface area contributed by atoms with Gasteiger partial charge in [-0.1, -0.05) is 0 Å². The molecule has 0 saturated heterocycles. The molecule has 0 N–H and O–H groups in total. The molecule has 0 amide bonds. The molecule has 0 aliphatic rings. The van der Waals surface area contributed by atoms with Gasteiger partial charge in [0.2, 0.25) is 0 Å². The second-order valence-electron chi connectivity index (χ2n) is 2.70. The van der Waals surface area contributed by atoms with Crippen molar-refractivity contribution in [2.75, 3.05) is 7.11 Å². The number of furan rings is 1. The Labute approximate surface area is 75.7 Å². The maximum atomic E-state index is 5.22. The van der Waals surface area contributed by atoms with Gasteiger partial charge in [-0.15, -0.1) is 0 Å². The number of aryl methyl sites for hydroxylation is 1. The molecule has 0 aromatic carbocycles. The fourth-order valence-corrected chi connectivity index (χ4v) is 1.20. The minimum Gasteiger partial charge on any atom is -0.493 e. The van der Waals surface area contributed by atoms with Crippen LogP contribution in [0.4, 0.5) is 0 Å². The molecule has 0 aliphatic carbocycles. The van der Waals surface area contributed by atoms with Gasteiger partial charge in [0, 0.05) is 7.05 Å². The summed E-state index contributed by atoms with van der Waals surface area (Å²) in [6.45, 7) is 0. The Kier molecular flexibility index (Phi) is 1.81. The van der Waals surface area contributed by atoms with E-state index < -0.39 is 0 Å². The summed E-state index contributed by atoms with van der Waals surface area (Å²) in [5, 5.41) is 4.22. The summed E-state index contributed by atoms with van der Waals surface area (Å²) in [5.41, 5.74) is 0.731. The van der Waals surface area contributed by atoms with E-state index in [1.165, 1.54) is 0 Å². The summed E-state index contributed by atoms with van der Waals surface area (Å²) in [7, 11) is 3.46. The highest BCUT2D eigenvalue weighted by Crippen LogP contribution is 2.27. The average Bonchev–Trinajstić information content (AvgIpc) is 2.71. The molecule has 0 unspecified atom stereocenters. The molecule has 0 radical (unpaired) electrons. The zero-order chi connectivity index (χ0) is 9.26. The van der Waals surface area contributed by atoms with Gasteiger partial charge >= 0.3 is 0 Å². The molecule has 0 atom stereocenters. The third-order valence-electron chi connectivity index (χ3n) is 1.77. The lowest BCUT2D eigenvalue weighted by Crippen LogP contribution is -1.86.